The SMILES string of the molecule is Cc1ccc(-c2nc3ccccc3c(C(=O)Nc3ccc(S(=O)(=O)Nc4nccs4)cc3)c2C)cc1. The Kier molecular flexibility index (Phi) is 6.26. The number of nitrogens with one attached hydrogen (secondary N) is 2. The fraction of sp³-hybridized carbons (Fsp3) is 0.0741. The van der Waals surface area contributed by atoms with E-state index in [1.54, 1.807) is 17.5 Å². The number of sulfonamides is 1. The number of pyridine rings is 1. The average molecular weight is 515 g/mol. The fourth-order valence-corrected chi connectivity index (χ4v) is 5.74. The van der Waals surface area contributed by atoms with Crippen molar-refractivity contribution in [3.05, 3.63) is 101 Å². The number of thiazole rings is 1. The Labute approximate surface area is 212 Å². The average Bonchev–Trinajstić information content (AvgIpc) is 3.37. The molecular formula is C27H22N4O3S2. The summed E-state index contributed by atoms with van der Waals surface area (Å²) in [5.74, 6) is -0.295. The molecule has 2 aromatic heterocycles. The number of aryl methyl sites for hydroxylation is 1. The summed E-state index contributed by atoms with van der Waals surface area (Å²) in [5, 5.41) is 5.63. The van der Waals surface area contributed by atoms with Crippen molar-refractivity contribution in [1.29, 1.82) is 0 Å². The van der Waals surface area contributed by atoms with Crippen molar-refractivity contribution < 1.29 is 13.2 Å². The van der Waals surface area contributed by atoms with Gasteiger partial charge in [-0.05, 0) is 49.7 Å². The van der Waals surface area contributed by atoms with Crippen LogP contribution in [0.15, 0.2) is 89.3 Å². The summed E-state index contributed by atoms with van der Waals surface area (Å²) in [4.78, 5) is 22.4. The lowest BCUT2D eigenvalue weighted by Gasteiger charge is -2.15. The molecule has 9 heteroatoms. The molecule has 1 amide bonds. The molecule has 0 aliphatic rings. The van der Waals surface area contributed by atoms with Crippen molar-refractivity contribution >= 4 is 49.0 Å². The molecule has 3 aromatic carbocycles. The lowest BCUT2D eigenvalue weighted by molar-refractivity contribution is 0.102. The molecule has 0 bridgehead atoms. The number of amides is 1. The molecule has 0 aliphatic heterocycles. The maximum absolute atomic E-state index is 13.5. The molecule has 2 heterocycles. The number of nitrogens with zero attached hydrogens (tertiary/aromatic N) is 2. The minimum absolute atomic E-state index is 0.0721. The minimum Gasteiger partial charge on any atom is -0.322 e. The van der Waals surface area contributed by atoms with Crippen LogP contribution in [0.3, 0.4) is 0 Å². The van der Waals surface area contributed by atoms with Crippen molar-refractivity contribution in [2.75, 3.05) is 10.0 Å². The summed E-state index contributed by atoms with van der Waals surface area (Å²) in [6.45, 7) is 3.92. The number of anilines is 2. The highest BCUT2D eigenvalue weighted by molar-refractivity contribution is 7.93. The first-order valence-electron chi connectivity index (χ1n) is 11.1. The van der Waals surface area contributed by atoms with Crippen LogP contribution >= 0.6 is 11.3 Å². The smallest absolute Gasteiger partial charge is 0.263 e. The maximum Gasteiger partial charge on any atom is 0.263 e. The molecule has 0 unspecified atom stereocenters. The van der Waals surface area contributed by atoms with E-state index < -0.39 is 10.0 Å². The largest absolute Gasteiger partial charge is 0.322 e. The lowest BCUT2D eigenvalue weighted by atomic mass is 9.96. The summed E-state index contributed by atoms with van der Waals surface area (Å²) >= 11 is 1.19. The van der Waals surface area contributed by atoms with Crippen LogP contribution in [-0.2, 0) is 10.0 Å². The predicted molar refractivity (Wildman–Crippen MR) is 144 cm³/mol. The zero-order valence-corrected chi connectivity index (χ0v) is 21.2. The van der Waals surface area contributed by atoms with Crippen LogP contribution in [0.1, 0.15) is 21.5 Å². The molecule has 5 rings (SSSR count). The second-order valence-corrected chi connectivity index (χ2v) is 10.8. The summed E-state index contributed by atoms with van der Waals surface area (Å²) < 4.78 is 27.6. The van der Waals surface area contributed by atoms with Crippen molar-refractivity contribution in [2.24, 2.45) is 0 Å². The normalized spacial score (nSPS) is 11.4. The van der Waals surface area contributed by atoms with Crippen LogP contribution in [0.5, 0.6) is 0 Å². The Morgan fingerprint density at radius 2 is 1.64 bits per heavy atom. The van der Waals surface area contributed by atoms with Gasteiger partial charge in [0.15, 0.2) is 5.13 Å². The Balaban J connectivity index is 1.47. The van der Waals surface area contributed by atoms with Gasteiger partial charge in [-0.15, -0.1) is 11.3 Å². The number of rotatable bonds is 6. The highest BCUT2D eigenvalue weighted by Gasteiger charge is 2.20. The number of hydrogen-bond acceptors (Lipinski definition) is 6. The summed E-state index contributed by atoms with van der Waals surface area (Å²) in [6.07, 6.45) is 1.52. The van der Waals surface area contributed by atoms with Gasteiger partial charge in [0.25, 0.3) is 15.9 Å². The van der Waals surface area contributed by atoms with Gasteiger partial charge in [-0.2, -0.15) is 0 Å². The third-order valence-electron chi connectivity index (χ3n) is 5.76. The van der Waals surface area contributed by atoms with Crippen LogP contribution < -0.4 is 10.0 Å². The number of benzene rings is 3. The predicted octanol–water partition coefficient (Wildman–Crippen LogP) is 6.03. The molecule has 0 saturated carbocycles. The van der Waals surface area contributed by atoms with Gasteiger partial charge in [-0.1, -0.05) is 48.0 Å². The molecule has 36 heavy (non-hydrogen) atoms. The molecular weight excluding hydrogens is 492 g/mol. The molecule has 0 fully saturated rings. The molecule has 5 aromatic rings. The van der Waals surface area contributed by atoms with Crippen molar-refractivity contribution in [3.8, 4) is 11.3 Å². The van der Waals surface area contributed by atoms with Crippen molar-refractivity contribution in [1.82, 2.24) is 9.97 Å². The van der Waals surface area contributed by atoms with E-state index in [4.69, 9.17) is 4.98 Å². The van der Waals surface area contributed by atoms with Gasteiger partial charge in [0, 0.05) is 28.2 Å². The lowest BCUT2D eigenvalue weighted by Crippen LogP contribution is -2.16. The minimum atomic E-state index is -3.78. The molecule has 180 valence electrons. The quantitative estimate of drug-likeness (QED) is 0.288. The summed E-state index contributed by atoms with van der Waals surface area (Å²) in [6, 6.07) is 21.6. The van der Waals surface area contributed by atoms with E-state index in [0.717, 1.165) is 33.3 Å². The molecule has 0 spiro atoms. The molecule has 0 atom stereocenters. The Morgan fingerprint density at radius 1 is 0.917 bits per heavy atom. The van der Waals surface area contributed by atoms with Gasteiger partial charge in [-0.3, -0.25) is 9.52 Å². The van der Waals surface area contributed by atoms with Crippen molar-refractivity contribution in [3.63, 3.8) is 0 Å². The second kappa shape index (κ2) is 9.52. The number of carbonyl (C=O) groups excluding carboxylic acids is 1. The third-order valence-corrected chi connectivity index (χ3v) is 7.94. The first-order chi connectivity index (χ1) is 17.3. The Morgan fingerprint density at radius 3 is 2.33 bits per heavy atom. The highest BCUT2D eigenvalue weighted by atomic mass is 32.2. The topological polar surface area (TPSA) is 101 Å². The fourth-order valence-electron chi connectivity index (χ4n) is 3.95. The summed E-state index contributed by atoms with van der Waals surface area (Å²) in [5.41, 5.74) is 5.31. The zero-order chi connectivity index (χ0) is 25.3. The van der Waals surface area contributed by atoms with Crippen LogP contribution in [0.2, 0.25) is 0 Å². The van der Waals surface area contributed by atoms with E-state index in [1.165, 1.54) is 29.7 Å². The molecule has 7 nitrogen and oxygen atoms in total. The van der Waals surface area contributed by atoms with E-state index in [2.05, 4.69) is 15.0 Å². The Hall–Kier alpha value is -4.08. The Bertz CT molecular complexity index is 1660. The van der Waals surface area contributed by atoms with E-state index in [0.29, 0.717) is 11.3 Å². The standard InChI is InChI=1S/C27H22N4O3S2/c1-17-7-9-19(10-8-17)25-18(2)24(22-5-3-4-6-23(22)30-25)26(32)29-20-11-13-21(14-12-20)36(33,34)31-27-28-15-16-35-27/h3-16H,1-2H3,(H,28,31)(H,29,32). The third kappa shape index (κ3) is 4.71. The molecule has 0 aliphatic carbocycles. The number of hydrogen-bond donors (Lipinski definition) is 2. The highest BCUT2D eigenvalue weighted by Crippen LogP contribution is 2.30. The van der Waals surface area contributed by atoms with Gasteiger partial charge in [-0.25, -0.2) is 18.4 Å². The van der Waals surface area contributed by atoms with Gasteiger partial charge in [0.05, 0.1) is 21.7 Å². The molecule has 2 N–H and O–H groups in total. The summed E-state index contributed by atoms with van der Waals surface area (Å²) in [7, 11) is -3.78. The van der Waals surface area contributed by atoms with Crippen LogP contribution in [0.4, 0.5) is 10.8 Å². The number of carbonyl (C=O) groups is 1. The monoisotopic (exact) mass is 514 g/mol. The van der Waals surface area contributed by atoms with E-state index in [-0.39, 0.29) is 15.9 Å². The van der Waals surface area contributed by atoms with E-state index in [1.807, 2.05) is 62.4 Å². The number of fused-ring (bicyclic) bond motifs is 1. The van der Waals surface area contributed by atoms with Gasteiger partial charge < -0.3 is 5.32 Å². The van der Waals surface area contributed by atoms with Crippen LogP contribution in [0.25, 0.3) is 22.2 Å². The van der Waals surface area contributed by atoms with Crippen LogP contribution in [0, 0.1) is 13.8 Å². The second-order valence-electron chi connectivity index (χ2n) is 8.26. The first-order valence-corrected chi connectivity index (χ1v) is 13.5. The number of para-hydroxylation sites is 1. The van der Waals surface area contributed by atoms with Gasteiger partial charge in [0.2, 0.25) is 0 Å². The molecule has 0 saturated heterocycles. The van der Waals surface area contributed by atoms with Gasteiger partial charge >= 0.3 is 0 Å². The van der Waals surface area contributed by atoms with Crippen LogP contribution in [-0.4, -0.2) is 24.3 Å². The first kappa shape index (κ1) is 23.7. The zero-order valence-electron chi connectivity index (χ0n) is 19.5. The maximum atomic E-state index is 13.5. The van der Waals surface area contributed by atoms with E-state index in [9.17, 15) is 13.2 Å². The van der Waals surface area contributed by atoms with E-state index >= 15 is 0 Å². The van der Waals surface area contributed by atoms with Crippen molar-refractivity contribution in [2.45, 2.75) is 18.7 Å². The van der Waals surface area contributed by atoms with Gasteiger partial charge in [0.1, 0.15) is 0 Å². The number of aromatic nitrogens is 2. The molecule has 0 radical (unpaired) electrons.